The first-order chi connectivity index (χ1) is 12.6. The Bertz CT molecular complexity index is 645. The fourth-order valence-corrected chi connectivity index (χ4v) is 3.94. The number of rotatable bonds is 6. The first-order valence-electron chi connectivity index (χ1n) is 9.36. The summed E-state index contributed by atoms with van der Waals surface area (Å²) in [6, 6.07) is 9.60. The molecule has 2 heterocycles. The molecular weight excluding hydrogens is 330 g/mol. The number of imide groups is 1. The maximum Gasteiger partial charge on any atom is 0.416 e. The molecule has 0 aliphatic carbocycles. The van der Waals surface area contributed by atoms with Crippen molar-refractivity contribution in [2.45, 2.75) is 57.3 Å². The minimum absolute atomic E-state index is 0.111. The number of carbonyl (C=O) groups excluding carboxylic acids is 2. The Balaban J connectivity index is 1.63. The minimum atomic E-state index is -0.539. The molecule has 0 bridgehead atoms. The zero-order chi connectivity index (χ0) is 18.5. The number of ether oxygens (including phenoxy) is 2. The van der Waals surface area contributed by atoms with Gasteiger partial charge < -0.3 is 9.47 Å². The van der Waals surface area contributed by atoms with E-state index in [2.05, 4.69) is 13.5 Å². The van der Waals surface area contributed by atoms with Crippen molar-refractivity contribution in [1.29, 1.82) is 0 Å². The lowest BCUT2D eigenvalue weighted by Crippen LogP contribution is -2.43. The van der Waals surface area contributed by atoms with Crippen molar-refractivity contribution in [1.82, 2.24) is 4.90 Å². The number of benzene rings is 1. The summed E-state index contributed by atoms with van der Waals surface area (Å²) in [4.78, 5) is 26.2. The molecule has 2 fully saturated rings. The lowest BCUT2D eigenvalue weighted by molar-refractivity contribution is -0.136. The lowest BCUT2D eigenvalue weighted by Gasteiger charge is -2.34. The Morgan fingerprint density at radius 3 is 2.73 bits per heavy atom. The average Bonchev–Trinajstić information content (AvgIpc) is 2.96. The van der Waals surface area contributed by atoms with Crippen LogP contribution in [-0.4, -0.2) is 41.8 Å². The Labute approximate surface area is 155 Å². The van der Waals surface area contributed by atoms with Gasteiger partial charge in [0.2, 0.25) is 5.91 Å². The molecule has 0 N–H and O–H groups in total. The second kappa shape index (κ2) is 8.49. The van der Waals surface area contributed by atoms with Crippen LogP contribution in [0.25, 0.3) is 0 Å². The van der Waals surface area contributed by atoms with E-state index in [4.69, 9.17) is 9.47 Å². The van der Waals surface area contributed by atoms with Crippen LogP contribution in [0, 0.1) is 5.92 Å². The van der Waals surface area contributed by atoms with Gasteiger partial charge in [-0.05, 0) is 37.2 Å². The molecule has 2 aliphatic rings. The van der Waals surface area contributed by atoms with Gasteiger partial charge in [-0.3, -0.25) is 4.79 Å². The van der Waals surface area contributed by atoms with Crippen LogP contribution in [0.4, 0.5) is 4.79 Å². The largest absolute Gasteiger partial charge is 0.447 e. The predicted molar refractivity (Wildman–Crippen MR) is 98.6 cm³/mol. The van der Waals surface area contributed by atoms with Gasteiger partial charge >= 0.3 is 6.09 Å². The van der Waals surface area contributed by atoms with E-state index in [9.17, 15) is 9.59 Å². The second-order valence-corrected chi connectivity index (χ2v) is 7.37. The fraction of sp³-hybridized carbons (Fsp3) is 0.524. The monoisotopic (exact) mass is 357 g/mol. The van der Waals surface area contributed by atoms with Crippen molar-refractivity contribution in [3.8, 4) is 0 Å². The molecule has 0 spiro atoms. The van der Waals surface area contributed by atoms with Crippen LogP contribution >= 0.6 is 0 Å². The maximum absolute atomic E-state index is 12.8. The van der Waals surface area contributed by atoms with E-state index in [1.54, 1.807) is 0 Å². The minimum Gasteiger partial charge on any atom is -0.447 e. The highest BCUT2D eigenvalue weighted by Gasteiger charge is 2.39. The average molecular weight is 357 g/mol. The van der Waals surface area contributed by atoms with E-state index in [1.165, 1.54) is 4.90 Å². The number of amides is 2. The van der Waals surface area contributed by atoms with Crippen molar-refractivity contribution in [3.63, 3.8) is 0 Å². The third-order valence-electron chi connectivity index (χ3n) is 5.09. The van der Waals surface area contributed by atoms with Crippen LogP contribution in [0.1, 0.15) is 38.2 Å². The molecule has 0 unspecified atom stereocenters. The molecule has 2 saturated heterocycles. The van der Waals surface area contributed by atoms with Gasteiger partial charge in [-0.15, -0.1) is 6.58 Å². The van der Waals surface area contributed by atoms with Crippen LogP contribution in [-0.2, 0) is 20.7 Å². The van der Waals surface area contributed by atoms with Crippen molar-refractivity contribution < 1.29 is 19.1 Å². The molecule has 0 saturated carbocycles. The Morgan fingerprint density at radius 1 is 1.27 bits per heavy atom. The molecule has 2 aliphatic heterocycles. The molecule has 1 aromatic rings. The highest BCUT2D eigenvalue weighted by Crippen LogP contribution is 2.29. The molecule has 0 radical (unpaired) electrons. The molecule has 4 atom stereocenters. The van der Waals surface area contributed by atoms with Gasteiger partial charge in [-0.2, -0.15) is 0 Å². The van der Waals surface area contributed by atoms with Gasteiger partial charge in [0, 0.05) is 0 Å². The molecule has 3 rings (SSSR count). The van der Waals surface area contributed by atoms with Crippen molar-refractivity contribution in [2.24, 2.45) is 5.92 Å². The normalized spacial score (nSPS) is 28.7. The molecule has 5 heteroatoms. The standard InChI is InChI=1S/C21H27NO4/c1-3-7-18-10-15(2)11-19(26-18)13-20(23)22-17(14-25-21(22)24)12-16-8-5-4-6-9-16/h3-6,8-9,15,17-19H,1,7,10-14H2,2H3/t15-,17+,18+,19+/m1/s1. The number of nitrogens with zero attached hydrogens (tertiary/aromatic N) is 1. The Hall–Kier alpha value is -2.14. The van der Waals surface area contributed by atoms with Crippen molar-refractivity contribution in [2.75, 3.05) is 6.61 Å². The fourth-order valence-electron chi connectivity index (χ4n) is 3.94. The molecule has 26 heavy (non-hydrogen) atoms. The lowest BCUT2D eigenvalue weighted by atomic mass is 9.90. The van der Waals surface area contributed by atoms with E-state index in [0.29, 0.717) is 12.3 Å². The Morgan fingerprint density at radius 2 is 2.00 bits per heavy atom. The number of hydrogen-bond acceptors (Lipinski definition) is 4. The maximum atomic E-state index is 12.8. The highest BCUT2D eigenvalue weighted by molar-refractivity contribution is 5.93. The summed E-state index contributed by atoms with van der Waals surface area (Å²) in [6.45, 7) is 6.20. The van der Waals surface area contributed by atoms with E-state index in [0.717, 1.165) is 24.8 Å². The van der Waals surface area contributed by atoms with Gasteiger partial charge in [-0.25, -0.2) is 9.69 Å². The van der Waals surface area contributed by atoms with Crippen LogP contribution in [0.2, 0.25) is 0 Å². The highest BCUT2D eigenvalue weighted by atomic mass is 16.6. The number of carbonyl (C=O) groups is 2. The van der Waals surface area contributed by atoms with Gasteiger partial charge in [0.05, 0.1) is 24.7 Å². The SMILES string of the molecule is C=CC[C@H]1C[C@@H](C)C[C@@H](CC(=O)N2C(=O)OC[C@@H]2Cc2ccccc2)O1. The van der Waals surface area contributed by atoms with E-state index >= 15 is 0 Å². The van der Waals surface area contributed by atoms with Gasteiger partial charge in [0.15, 0.2) is 0 Å². The summed E-state index contributed by atoms with van der Waals surface area (Å²) in [5.74, 6) is 0.294. The smallest absolute Gasteiger partial charge is 0.416 e. The Kier molecular flexibility index (Phi) is 6.09. The molecule has 0 aromatic heterocycles. The predicted octanol–water partition coefficient (Wildman–Crippen LogP) is 3.73. The topological polar surface area (TPSA) is 55.8 Å². The second-order valence-electron chi connectivity index (χ2n) is 7.37. The number of hydrogen-bond donors (Lipinski definition) is 0. The zero-order valence-electron chi connectivity index (χ0n) is 15.3. The third kappa shape index (κ3) is 4.52. The third-order valence-corrected chi connectivity index (χ3v) is 5.09. The summed E-state index contributed by atoms with van der Waals surface area (Å²) >= 11 is 0. The zero-order valence-corrected chi connectivity index (χ0v) is 15.3. The van der Waals surface area contributed by atoms with Gasteiger partial charge in [0.1, 0.15) is 6.61 Å². The summed E-state index contributed by atoms with van der Waals surface area (Å²) in [6.07, 6.45) is 4.72. The first kappa shape index (κ1) is 18.6. The van der Waals surface area contributed by atoms with Crippen LogP contribution in [0.3, 0.4) is 0 Å². The van der Waals surface area contributed by atoms with Crippen molar-refractivity contribution in [3.05, 3.63) is 48.6 Å². The molecule has 1 aromatic carbocycles. The molecular formula is C21H27NO4. The summed E-state index contributed by atoms with van der Waals surface area (Å²) < 4.78 is 11.2. The van der Waals surface area contributed by atoms with Gasteiger partial charge in [-0.1, -0.05) is 43.3 Å². The van der Waals surface area contributed by atoms with Crippen molar-refractivity contribution >= 4 is 12.0 Å². The first-order valence-corrected chi connectivity index (χ1v) is 9.36. The van der Waals surface area contributed by atoms with E-state index in [-0.39, 0.29) is 37.2 Å². The van der Waals surface area contributed by atoms with Crippen LogP contribution in [0.5, 0.6) is 0 Å². The van der Waals surface area contributed by atoms with E-state index in [1.807, 2.05) is 36.4 Å². The molecule has 2 amide bonds. The quantitative estimate of drug-likeness (QED) is 0.728. The molecule has 140 valence electrons. The number of cyclic esters (lactones) is 1. The summed E-state index contributed by atoms with van der Waals surface area (Å²) in [7, 11) is 0. The van der Waals surface area contributed by atoms with Crippen LogP contribution in [0.15, 0.2) is 43.0 Å². The summed E-state index contributed by atoms with van der Waals surface area (Å²) in [5.41, 5.74) is 1.09. The van der Waals surface area contributed by atoms with Crippen LogP contribution < -0.4 is 0 Å². The van der Waals surface area contributed by atoms with Gasteiger partial charge in [0.25, 0.3) is 0 Å². The summed E-state index contributed by atoms with van der Waals surface area (Å²) in [5, 5.41) is 0. The molecule has 5 nitrogen and oxygen atoms in total. The van der Waals surface area contributed by atoms with E-state index < -0.39 is 6.09 Å².